The molecule has 0 bridgehead atoms. The lowest BCUT2D eigenvalue weighted by molar-refractivity contribution is 0.0693. The van der Waals surface area contributed by atoms with E-state index in [0.717, 1.165) is 31.5 Å². The first-order valence-electron chi connectivity index (χ1n) is 16.7. The zero-order chi connectivity index (χ0) is 34.2. The Morgan fingerprint density at radius 2 is 0.960 bits per heavy atom. The third-order valence-electron chi connectivity index (χ3n) is 10.8. The summed E-state index contributed by atoms with van der Waals surface area (Å²) in [6, 6.07) is 35.0. The summed E-state index contributed by atoms with van der Waals surface area (Å²) >= 11 is 3.29. The minimum absolute atomic E-state index is 0.242. The van der Waals surface area contributed by atoms with Gasteiger partial charge < -0.3 is 9.13 Å². The molecule has 0 saturated carbocycles. The molecule has 0 saturated heterocycles. The van der Waals surface area contributed by atoms with Gasteiger partial charge in [-0.05, 0) is 71.8 Å². The second-order valence-electron chi connectivity index (χ2n) is 13.5. The molecule has 4 aromatic heterocycles. The summed E-state index contributed by atoms with van der Waals surface area (Å²) in [6.07, 6.45) is 0. The maximum atomic E-state index is 13.5. The zero-order valence-electron chi connectivity index (χ0n) is 28.2. The van der Waals surface area contributed by atoms with Gasteiger partial charge in [-0.25, -0.2) is 0 Å². The lowest BCUT2D eigenvalue weighted by Crippen LogP contribution is -2.24. The number of fused-ring (bicyclic) bond motifs is 10. The first kappa shape index (κ1) is 29.4. The molecule has 1 aliphatic rings. The standard InChI is InChI=1S/C43H31N3O2S2/c1-22-20-24-7-9-28-26-12-14-31-29(27(26)11-13-30(28)40(24)44(22)3)10-8-25-21-34(45(4)41(25)31)37-19-18-36(50-37)33-16-15-32(35-17-6-23(2)49-35)38-39(33)43(48)46(5)42(38)47/h6-21H,1-5H3. The first-order chi connectivity index (χ1) is 24.2. The topological polar surface area (TPSA) is 47.2 Å². The Bertz CT molecular complexity index is 2990. The van der Waals surface area contributed by atoms with Gasteiger partial charge in [0, 0.05) is 74.1 Å². The van der Waals surface area contributed by atoms with Gasteiger partial charge in [0.2, 0.25) is 0 Å². The van der Waals surface area contributed by atoms with Crippen molar-refractivity contribution in [1.82, 2.24) is 14.0 Å². The second kappa shape index (κ2) is 10.3. The number of hydrogen-bond donors (Lipinski definition) is 0. The highest BCUT2D eigenvalue weighted by Crippen LogP contribution is 2.45. The Morgan fingerprint density at radius 1 is 0.480 bits per heavy atom. The molecule has 0 radical (unpaired) electrons. The van der Waals surface area contributed by atoms with E-state index < -0.39 is 0 Å². The molecule has 0 N–H and O–H groups in total. The average molecular weight is 686 g/mol. The number of amides is 2. The Hall–Kier alpha value is -5.50. The van der Waals surface area contributed by atoms with Crippen LogP contribution in [-0.4, -0.2) is 32.9 Å². The van der Waals surface area contributed by atoms with Gasteiger partial charge in [-0.15, -0.1) is 22.7 Å². The summed E-state index contributed by atoms with van der Waals surface area (Å²) in [5.74, 6) is -0.488. The van der Waals surface area contributed by atoms with Crippen LogP contribution in [0.1, 0.15) is 31.3 Å². The second-order valence-corrected chi connectivity index (χ2v) is 15.9. The number of benzene rings is 5. The minimum atomic E-state index is -0.246. The van der Waals surface area contributed by atoms with Crippen LogP contribution in [0.15, 0.2) is 97.1 Å². The predicted octanol–water partition coefficient (Wildman–Crippen LogP) is 11.1. The lowest BCUT2D eigenvalue weighted by atomic mass is 9.95. The lowest BCUT2D eigenvalue weighted by Gasteiger charge is -2.11. The van der Waals surface area contributed by atoms with Crippen LogP contribution in [0.5, 0.6) is 0 Å². The number of aryl methyl sites for hydroxylation is 4. The number of aromatic nitrogens is 2. The van der Waals surface area contributed by atoms with Gasteiger partial charge in [-0.3, -0.25) is 14.5 Å². The average Bonchev–Trinajstić information content (AvgIpc) is 3.95. The fourth-order valence-electron chi connectivity index (χ4n) is 8.21. The number of carbonyl (C=O) groups is 2. The Morgan fingerprint density at radius 3 is 1.56 bits per heavy atom. The van der Waals surface area contributed by atoms with Crippen molar-refractivity contribution in [3.63, 3.8) is 0 Å². The van der Waals surface area contributed by atoms with Crippen LogP contribution in [0.4, 0.5) is 0 Å². The molecule has 5 nitrogen and oxygen atoms in total. The molecule has 0 spiro atoms. The van der Waals surface area contributed by atoms with Crippen molar-refractivity contribution < 1.29 is 9.59 Å². The highest BCUT2D eigenvalue weighted by Gasteiger charge is 2.38. The van der Waals surface area contributed by atoms with Gasteiger partial charge in [0.15, 0.2) is 0 Å². The molecule has 0 unspecified atom stereocenters. The molecular formula is C43H31N3O2S2. The quantitative estimate of drug-likeness (QED) is 0.137. The highest BCUT2D eigenvalue weighted by atomic mass is 32.1. The minimum Gasteiger partial charge on any atom is -0.347 e. The number of rotatable bonds is 3. The van der Waals surface area contributed by atoms with E-state index in [2.05, 4.69) is 116 Å². The molecule has 0 aliphatic carbocycles. The van der Waals surface area contributed by atoms with E-state index in [0.29, 0.717) is 11.1 Å². The molecule has 242 valence electrons. The molecule has 9 aromatic rings. The summed E-state index contributed by atoms with van der Waals surface area (Å²) < 4.78 is 4.59. The van der Waals surface area contributed by atoms with E-state index in [4.69, 9.17) is 0 Å². The predicted molar refractivity (Wildman–Crippen MR) is 210 cm³/mol. The van der Waals surface area contributed by atoms with E-state index >= 15 is 0 Å². The SMILES string of the molecule is Cc1ccc(-c2ccc(-c3ccc(-c4cc5ccc6c7ccc8c(ccc9cc(C)n(C)c98)c7ccc6c5n4C)s3)c3c2C(=O)N(C)C3=O)s1. The third kappa shape index (κ3) is 3.87. The van der Waals surface area contributed by atoms with Crippen LogP contribution in [0.25, 0.3) is 85.6 Å². The van der Waals surface area contributed by atoms with Gasteiger partial charge in [-0.2, -0.15) is 0 Å². The fraction of sp³-hybridized carbons (Fsp3) is 0.116. The summed E-state index contributed by atoms with van der Waals surface area (Å²) in [5, 5.41) is 9.98. The van der Waals surface area contributed by atoms with Gasteiger partial charge in [0.1, 0.15) is 0 Å². The molecule has 50 heavy (non-hydrogen) atoms. The largest absolute Gasteiger partial charge is 0.347 e. The van der Waals surface area contributed by atoms with Crippen molar-refractivity contribution in [3.8, 4) is 31.5 Å². The van der Waals surface area contributed by atoms with Gasteiger partial charge >= 0.3 is 0 Å². The monoisotopic (exact) mass is 685 g/mol. The molecule has 7 heteroatoms. The number of nitrogens with zero attached hydrogens (tertiary/aromatic N) is 3. The van der Waals surface area contributed by atoms with Crippen molar-refractivity contribution in [2.45, 2.75) is 13.8 Å². The molecule has 10 rings (SSSR count). The summed E-state index contributed by atoms with van der Waals surface area (Å²) in [5.41, 5.74) is 7.49. The number of thiophene rings is 2. The highest BCUT2D eigenvalue weighted by molar-refractivity contribution is 7.18. The molecule has 5 aromatic carbocycles. The van der Waals surface area contributed by atoms with Crippen molar-refractivity contribution in [2.75, 3.05) is 7.05 Å². The van der Waals surface area contributed by atoms with Crippen LogP contribution in [0, 0.1) is 13.8 Å². The van der Waals surface area contributed by atoms with E-state index in [-0.39, 0.29) is 11.8 Å². The summed E-state index contributed by atoms with van der Waals surface area (Å²) in [6.45, 7) is 4.21. The molecule has 1 aliphatic heterocycles. The van der Waals surface area contributed by atoms with Crippen LogP contribution in [0.2, 0.25) is 0 Å². The van der Waals surface area contributed by atoms with Crippen LogP contribution < -0.4 is 0 Å². The van der Waals surface area contributed by atoms with Gasteiger partial charge in [0.25, 0.3) is 11.8 Å². The maximum absolute atomic E-state index is 13.5. The molecule has 0 atom stereocenters. The van der Waals surface area contributed by atoms with Crippen molar-refractivity contribution in [2.24, 2.45) is 14.1 Å². The number of hydrogen-bond acceptors (Lipinski definition) is 4. The first-order valence-corrected chi connectivity index (χ1v) is 18.3. The van der Waals surface area contributed by atoms with E-state index in [1.165, 1.54) is 69.6 Å². The molecule has 0 fully saturated rings. The van der Waals surface area contributed by atoms with E-state index in [1.807, 2.05) is 18.2 Å². The van der Waals surface area contributed by atoms with E-state index in [1.54, 1.807) is 29.7 Å². The van der Waals surface area contributed by atoms with Crippen LogP contribution >= 0.6 is 22.7 Å². The normalized spacial score (nSPS) is 13.3. The van der Waals surface area contributed by atoms with Crippen molar-refractivity contribution in [1.29, 1.82) is 0 Å². The number of imide groups is 1. The number of carbonyl (C=O) groups excluding carboxylic acids is 2. The Labute approximate surface area is 296 Å². The fourth-order valence-corrected chi connectivity index (χ4v) is 10.2. The Kier molecular flexibility index (Phi) is 6.04. The molecule has 2 amide bonds. The zero-order valence-corrected chi connectivity index (χ0v) is 29.8. The van der Waals surface area contributed by atoms with Gasteiger partial charge in [-0.1, -0.05) is 60.7 Å². The maximum Gasteiger partial charge on any atom is 0.261 e. The Balaban J connectivity index is 1.11. The van der Waals surface area contributed by atoms with E-state index in [9.17, 15) is 9.59 Å². The van der Waals surface area contributed by atoms with Crippen molar-refractivity contribution >= 4 is 88.6 Å². The summed E-state index contributed by atoms with van der Waals surface area (Å²) in [7, 11) is 5.87. The molecular weight excluding hydrogens is 655 g/mol. The third-order valence-corrected chi connectivity index (χ3v) is 13.0. The summed E-state index contributed by atoms with van der Waals surface area (Å²) in [4.78, 5) is 32.4. The smallest absolute Gasteiger partial charge is 0.261 e. The van der Waals surface area contributed by atoms with Crippen molar-refractivity contribution in [3.05, 3.63) is 119 Å². The van der Waals surface area contributed by atoms with Crippen LogP contribution in [-0.2, 0) is 14.1 Å². The van der Waals surface area contributed by atoms with Gasteiger partial charge in [0.05, 0.1) is 32.7 Å². The molecule has 5 heterocycles. The van der Waals surface area contributed by atoms with Crippen LogP contribution in [0.3, 0.4) is 0 Å².